The number of carbonyl (C=O) groups excluding carboxylic acids is 1. The average Bonchev–Trinajstić information content (AvgIpc) is 2.58. The van der Waals surface area contributed by atoms with Crippen LogP contribution in [0.1, 0.15) is 15.9 Å². The van der Waals surface area contributed by atoms with Crippen molar-refractivity contribution in [3.8, 4) is 17.6 Å². The monoisotopic (exact) mass is 419 g/mol. The van der Waals surface area contributed by atoms with E-state index in [0.717, 1.165) is 9.13 Å². The van der Waals surface area contributed by atoms with Gasteiger partial charge in [0.1, 0.15) is 6.07 Å². The van der Waals surface area contributed by atoms with Crippen molar-refractivity contribution in [2.24, 2.45) is 0 Å². The Balaban J connectivity index is 2.14. The van der Waals surface area contributed by atoms with Crippen LogP contribution in [0.3, 0.4) is 0 Å². The molecular formula is C18H14INO3. The van der Waals surface area contributed by atoms with Gasteiger partial charge in [-0.3, -0.25) is 4.79 Å². The smallest absolute Gasteiger partial charge is 0.185 e. The number of ketones is 1. The molecule has 0 atom stereocenters. The summed E-state index contributed by atoms with van der Waals surface area (Å²) in [5.41, 5.74) is 1.45. The zero-order chi connectivity index (χ0) is 16.7. The average molecular weight is 419 g/mol. The maximum absolute atomic E-state index is 12.1. The Morgan fingerprint density at radius 2 is 1.96 bits per heavy atom. The van der Waals surface area contributed by atoms with Gasteiger partial charge in [-0.25, -0.2) is 0 Å². The van der Waals surface area contributed by atoms with Gasteiger partial charge in [-0.1, -0.05) is 24.3 Å². The molecule has 0 saturated carbocycles. The van der Waals surface area contributed by atoms with Gasteiger partial charge in [0, 0.05) is 9.13 Å². The molecule has 0 aromatic heterocycles. The van der Waals surface area contributed by atoms with Crippen LogP contribution in [0.25, 0.3) is 6.08 Å². The van der Waals surface area contributed by atoms with E-state index in [2.05, 4.69) is 22.6 Å². The molecule has 0 heterocycles. The second-order valence-electron chi connectivity index (χ2n) is 4.56. The Hall–Kier alpha value is -2.33. The fourth-order valence-corrected chi connectivity index (χ4v) is 2.26. The molecule has 0 bridgehead atoms. The zero-order valence-corrected chi connectivity index (χ0v) is 14.6. The summed E-state index contributed by atoms with van der Waals surface area (Å²) in [4.78, 5) is 12.1. The maximum atomic E-state index is 12.1. The second kappa shape index (κ2) is 8.34. The molecule has 0 amide bonds. The minimum absolute atomic E-state index is 0.0448. The molecule has 23 heavy (non-hydrogen) atoms. The fourth-order valence-electron chi connectivity index (χ4n) is 1.90. The highest BCUT2D eigenvalue weighted by Crippen LogP contribution is 2.28. The lowest BCUT2D eigenvalue weighted by Crippen LogP contribution is -1.97. The van der Waals surface area contributed by atoms with Crippen LogP contribution in [0.5, 0.6) is 11.5 Å². The van der Waals surface area contributed by atoms with E-state index in [0.29, 0.717) is 17.1 Å². The molecule has 0 unspecified atom stereocenters. The van der Waals surface area contributed by atoms with Crippen LogP contribution in [0, 0.1) is 14.9 Å². The number of ether oxygens (including phenoxy) is 2. The summed E-state index contributed by atoms with van der Waals surface area (Å²) in [6, 6.07) is 14.6. The molecular weight excluding hydrogens is 405 g/mol. The summed E-state index contributed by atoms with van der Waals surface area (Å²) in [6.07, 6.45) is 3.24. The van der Waals surface area contributed by atoms with Crippen LogP contribution in [0.2, 0.25) is 0 Å². The van der Waals surface area contributed by atoms with Crippen LogP contribution in [-0.2, 0) is 0 Å². The molecule has 0 aliphatic carbocycles. The van der Waals surface area contributed by atoms with Crippen molar-refractivity contribution in [2.75, 3.05) is 13.7 Å². The lowest BCUT2D eigenvalue weighted by Gasteiger charge is -2.08. The molecule has 2 aromatic carbocycles. The predicted octanol–water partition coefficient (Wildman–Crippen LogP) is 4.10. The molecule has 0 radical (unpaired) electrons. The van der Waals surface area contributed by atoms with Gasteiger partial charge in [-0.15, -0.1) is 0 Å². The van der Waals surface area contributed by atoms with E-state index in [4.69, 9.17) is 14.7 Å². The van der Waals surface area contributed by atoms with E-state index >= 15 is 0 Å². The Morgan fingerprint density at radius 3 is 2.61 bits per heavy atom. The zero-order valence-electron chi connectivity index (χ0n) is 12.5. The van der Waals surface area contributed by atoms with Crippen molar-refractivity contribution in [1.29, 1.82) is 5.26 Å². The van der Waals surface area contributed by atoms with Crippen molar-refractivity contribution in [3.05, 3.63) is 63.2 Å². The second-order valence-corrected chi connectivity index (χ2v) is 5.81. The highest BCUT2D eigenvalue weighted by atomic mass is 127. The Morgan fingerprint density at radius 1 is 1.22 bits per heavy atom. The number of hydrogen-bond acceptors (Lipinski definition) is 4. The van der Waals surface area contributed by atoms with E-state index in [9.17, 15) is 4.79 Å². The van der Waals surface area contributed by atoms with Gasteiger partial charge in [-0.2, -0.15) is 5.26 Å². The molecule has 116 valence electrons. The van der Waals surface area contributed by atoms with Gasteiger partial charge in [0.2, 0.25) is 0 Å². The molecule has 0 N–H and O–H groups in total. The Bertz CT molecular complexity index is 761. The highest BCUT2D eigenvalue weighted by molar-refractivity contribution is 14.1. The SMILES string of the molecule is COc1cc(C=CC(=O)c2ccc(I)cc2)ccc1OCC#N. The van der Waals surface area contributed by atoms with Gasteiger partial charge in [-0.05, 0) is 58.5 Å². The van der Waals surface area contributed by atoms with Gasteiger partial charge >= 0.3 is 0 Å². The topological polar surface area (TPSA) is 59.3 Å². The van der Waals surface area contributed by atoms with Crippen molar-refractivity contribution in [2.45, 2.75) is 0 Å². The van der Waals surface area contributed by atoms with Crippen molar-refractivity contribution < 1.29 is 14.3 Å². The molecule has 2 rings (SSSR count). The van der Waals surface area contributed by atoms with Crippen molar-refractivity contribution >= 4 is 34.5 Å². The lowest BCUT2D eigenvalue weighted by atomic mass is 10.1. The van der Waals surface area contributed by atoms with E-state index in [1.54, 1.807) is 36.4 Å². The molecule has 5 heteroatoms. The minimum atomic E-state index is -0.0647. The first-order valence-electron chi connectivity index (χ1n) is 6.80. The summed E-state index contributed by atoms with van der Waals surface area (Å²) >= 11 is 2.20. The quantitative estimate of drug-likeness (QED) is 0.402. The van der Waals surface area contributed by atoms with Gasteiger partial charge < -0.3 is 9.47 Å². The molecule has 2 aromatic rings. The third-order valence-corrected chi connectivity index (χ3v) is 3.75. The summed E-state index contributed by atoms with van der Waals surface area (Å²) < 4.78 is 11.6. The number of carbonyl (C=O) groups is 1. The molecule has 0 spiro atoms. The summed E-state index contributed by atoms with van der Waals surface area (Å²) in [7, 11) is 1.53. The number of nitriles is 1. The lowest BCUT2D eigenvalue weighted by molar-refractivity contribution is 0.104. The van der Waals surface area contributed by atoms with Gasteiger partial charge in [0.15, 0.2) is 23.9 Å². The molecule has 0 aliphatic heterocycles. The number of hydrogen-bond donors (Lipinski definition) is 0. The number of rotatable bonds is 6. The maximum Gasteiger partial charge on any atom is 0.185 e. The molecule has 0 aliphatic rings. The normalized spacial score (nSPS) is 10.3. The van der Waals surface area contributed by atoms with Crippen LogP contribution in [0.4, 0.5) is 0 Å². The summed E-state index contributed by atoms with van der Waals surface area (Å²) in [6.45, 7) is -0.0448. The van der Waals surface area contributed by atoms with Crippen molar-refractivity contribution in [1.82, 2.24) is 0 Å². The van der Waals surface area contributed by atoms with Crippen LogP contribution >= 0.6 is 22.6 Å². The first-order chi connectivity index (χ1) is 11.1. The van der Waals surface area contributed by atoms with E-state index < -0.39 is 0 Å². The number of nitrogens with zero attached hydrogens (tertiary/aromatic N) is 1. The van der Waals surface area contributed by atoms with Crippen molar-refractivity contribution in [3.63, 3.8) is 0 Å². The Kier molecular flexibility index (Phi) is 6.18. The van der Waals surface area contributed by atoms with Crippen LogP contribution in [-0.4, -0.2) is 19.5 Å². The first kappa shape index (κ1) is 17.0. The van der Waals surface area contributed by atoms with E-state index in [1.807, 2.05) is 18.2 Å². The van der Waals surface area contributed by atoms with Crippen LogP contribution < -0.4 is 9.47 Å². The van der Waals surface area contributed by atoms with Crippen LogP contribution in [0.15, 0.2) is 48.5 Å². The van der Waals surface area contributed by atoms with E-state index in [1.165, 1.54) is 13.2 Å². The molecule has 0 fully saturated rings. The first-order valence-corrected chi connectivity index (χ1v) is 7.87. The van der Waals surface area contributed by atoms with E-state index in [-0.39, 0.29) is 12.4 Å². The fraction of sp³-hybridized carbons (Fsp3) is 0.111. The molecule has 4 nitrogen and oxygen atoms in total. The van der Waals surface area contributed by atoms with Gasteiger partial charge in [0.25, 0.3) is 0 Å². The largest absolute Gasteiger partial charge is 0.493 e. The standard InChI is InChI=1S/C18H14INO3/c1-22-18-12-13(3-9-17(18)23-11-10-20)2-8-16(21)14-4-6-15(19)7-5-14/h2-9,12H,11H2,1H3. The number of benzene rings is 2. The summed E-state index contributed by atoms with van der Waals surface area (Å²) in [5, 5.41) is 8.55. The third kappa shape index (κ3) is 4.83. The number of methoxy groups -OCH3 is 1. The molecule has 0 saturated heterocycles. The number of allylic oxidation sites excluding steroid dienone is 1. The third-order valence-electron chi connectivity index (χ3n) is 3.04. The number of halogens is 1. The minimum Gasteiger partial charge on any atom is -0.493 e. The summed E-state index contributed by atoms with van der Waals surface area (Å²) in [5.74, 6) is 0.949. The van der Waals surface area contributed by atoms with Gasteiger partial charge in [0.05, 0.1) is 7.11 Å². The highest BCUT2D eigenvalue weighted by Gasteiger charge is 2.05. The Labute approximate surface area is 148 Å². The predicted molar refractivity (Wildman–Crippen MR) is 96.6 cm³/mol.